The Morgan fingerprint density at radius 2 is 1.71 bits per heavy atom. The topological polar surface area (TPSA) is 15.3 Å². The molecule has 2 nitrogen and oxygen atoms in total. The lowest BCUT2D eigenvalue weighted by atomic mass is 9.76. The molecule has 0 amide bonds. The van der Waals surface area contributed by atoms with E-state index < -0.39 is 0 Å². The third kappa shape index (κ3) is 5.11. The highest BCUT2D eigenvalue weighted by atomic mass is 32.1. The van der Waals surface area contributed by atoms with Crippen molar-refractivity contribution in [1.29, 1.82) is 0 Å². The summed E-state index contributed by atoms with van der Waals surface area (Å²) >= 11 is 10.1. The van der Waals surface area contributed by atoms with Crippen LogP contribution in [0.5, 0.6) is 0 Å². The number of nitrogens with zero attached hydrogens (tertiary/aromatic N) is 1. The number of hydrogen-bond donors (Lipinski definition) is 2. The van der Waals surface area contributed by atoms with Gasteiger partial charge in [-0.25, -0.2) is 0 Å². The van der Waals surface area contributed by atoms with Crippen LogP contribution in [0.1, 0.15) is 78.6 Å². The second kappa shape index (κ2) is 10.1. The van der Waals surface area contributed by atoms with Gasteiger partial charge >= 0.3 is 0 Å². The number of thiol groups is 1. The van der Waals surface area contributed by atoms with Crippen molar-refractivity contribution in [2.45, 2.75) is 90.1 Å². The molecule has 1 aliphatic heterocycles. The predicted octanol–water partition coefficient (Wildman–Crippen LogP) is 4.78. The zero-order valence-corrected chi connectivity index (χ0v) is 15.9. The second-order valence-electron chi connectivity index (χ2n) is 6.39. The van der Waals surface area contributed by atoms with Crippen molar-refractivity contribution in [2.24, 2.45) is 0 Å². The molecule has 0 aromatic heterocycles. The lowest BCUT2D eigenvalue weighted by molar-refractivity contribution is 0.0577. The van der Waals surface area contributed by atoms with E-state index in [1.54, 1.807) is 0 Å². The summed E-state index contributed by atoms with van der Waals surface area (Å²) in [5, 5.41) is 3.81. The molecule has 1 N–H and O–H groups in total. The number of unbranched alkanes of at least 4 members (excludes halogenated alkanes) is 3. The third-order valence-corrected chi connectivity index (χ3v) is 5.38. The fourth-order valence-electron chi connectivity index (χ4n) is 3.73. The van der Waals surface area contributed by atoms with Crippen LogP contribution in [-0.4, -0.2) is 33.9 Å². The Morgan fingerprint density at radius 1 is 1.14 bits per heavy atom. The Morgan fingerprint density at radius 3 is 2.19 bits per heavy atom. The van der Waals surface area contributed by atoms with Gasteiger partial charge in [0.1, 0.15) is 4.32 Å². The van der Waals surface area contributed by atoms with Crippen LogP contribution in [0.3, 0.4) is 0 Å². The first-order chi connectivity index (χ1) is 10.1. The van der Waals surface area contributed by atoms with Crippen LogP contribution in [0.2, 0.25) is 0 Å². The molecule has 21 heavy (non-hydrogen) atoms. The van der Waals surface area contributed by atoms with Crippen molar-refractivity contribution >= 4 is 29.2 Å². The molecule has 0 aliphatic carbocycles. The maximum atomic E-state index is 5.49. The standard InChI is InChI=1S/C17H34N2S2/c1-4-7-10-15-17(11-8-5-2,12-9-6-3)19(16(20)21)14-13-18-15/h15,18H,4-14H2,1-3H3,(H,20,21). The molecule has 1 atom stereocenters. The lowest BCUT2D eigenvalue weighted by Crippen LogP contribution is -2.67. The SMILES string of the molecule is CCCCC1NCCN(C(=S)S)C1(CCCC)CCCC. The Balaban J connectivity index is 3.01. The van der Waals surface area contributed by atoms with Gasteiger partial charge in [0.2, 0.25) is 0 Å². The van der Waals surface area contributed by atoms with Gasteiger partial charge in [-0.15, -0.1) is 12.6 Å². The van der Waals surface area contributed by atoms with Gasteiger partial charge in [-0.1, -0.05) is 71.5 Å². The fraction of sp³-hybridized carbons (Fsp3) is 0.941. The number of hydrogen-bond acceptors (Lipinski definition) is 2. The van der Waals surface area contributed by atoms with E-state index in [4.69, 9.17) is 12.2 Å². The summed E-state index contributed by atoms with van der Waals surface area (Å²) in [5.41, 5.74) is 0.193. The molecule has 0 spiro atoms. The molecule has 1 aliphatic rings. The largest absolute Gasteiger partial charge is 0.349 e. The Kier molecular flexibility index (Phi) is 9.22. The van der Waals surface area contributed by atoms with Crippen molar-refractivity contribution in [3.63, 3.8) is 0 Å². The third-order valence-electron chi connectivity index (χ3n) is 4.92. The van der Waals surface area contributed by atoms with Crippen LogP contribution in [0.4, 0.5) is 0 Å². The highest BCUT2D eigenvalue weighted by Crippen LogP contribution is 2.37. The second-order valence-corrected chi connectivity index (χ2v) is 7.51. The molecule has 0 aromatic rings. The van der Waals surface area contributed by atoms with Crippen LogP contribution in [0.15, 0.2) is 0 Å². The van der Waals surface area contributed by atoms with Crippen molar-refractivity contribution in [3.8, 4) is 0 Å². The van der Waals surface area contributed by atoms with Crippen LogP contribution in [0, 0.1) is 0 Å². The van der Waals surface area contributed by atoms with Gasteiger partial charge in [-0.05, 0) is 19.3 Å². The summed E-state index contributed by atoms with van der Waals surface area (Å²) < 4.78 is 0.796. The van der Waals surface area contributed by atoms with Gasteiger partial charge in [-0.2, -0.15) is 0 Å². The molecule has 1 heterocycles. The Labute approximate surface area is 142 Å². The van der Waals surface area contributed by atoms with Gasteiger partial charge < -0.3 is 10.2 Å². The van der Waals surface area contributed by atoms with Crippen molar-refractivity contribution in [2.75, 3.05) is 13.1 Å². The van der Waals surface area contributed by atoms with E-state index in [1.807, 2.05) is 0 Å². The van der Waals surface area contributed by atoms with Gasteiger partial charge in [0.05, 0.1) is 5.54 Å². The van der Waals surface area contributed by atoms with E-state index in [1.165, 1.54) is 57.8 Å². The first-order valence-electron chi connectivity index (χ1n) is 8.86. The van der Waals surface area contributed by atoms with Crippen molar-refractivity contribution < 1.29 is 0 Å². The monoisotopic (exact) mass is 330 g/mol. The molecule has 0 bridgehead atoms. The minimum atomic E-state index is 0.193. The first-order valence-corrected chi connectivity index (χ1v) is 9.71. The summed E-state index contributed by atoms with van der Waals surface area (Å²) in [5.74, 6) is 0. The Hall–Kier alpha value is 0.200. The first kappa shape index (κ1) is 19.2. The zero-order valence-electron chi connectivity index (χ0n) is 14.2. The highest BCUT2D eigenvalue weighted by Gasteiger charge is 2.45. The number of thiocarbonyl (C=S) groups is 1. The summed E-state index contributed by atoms with van der Waals surface area (Å²) in [7, 11) is 0. The highest BCUT2D eigenvalue weighted by molar-refractivity contribution is 8.10. The smallest absolute Gasteiger partial charge is 0.133 e. The molecule has 124 valence electrons. The number of nitrogens with one attached hydrogen (secondary N) is 1. The fourth-order valence-corrected chi connectivity index (χ4v) is 4.30. The van der Waals surface area contributed by atoms with E-state index in [0.29, 0.717) is 6.04 Å². The van der Waals surface area contributed by atoms with E-state index >= 15 is 0 Å². The molecule has 1 rings (SSSR count). The van der Waals surface area contributed by atoms with Gasteiger partial charge in [-0.3, -0.25) is 0 Å². The molecular formula is C17H34N2S2. The quantitative estimate of drug-likeness (QED) is 0.467. The van der Waals surface area contributed by atoms with Crippen molar-refractivity contribution in [1.82, 2.24) is 10.2 Å². The van der Waals surface area contributed by atoms with Gasteiger partial charge in [0, 0.05) is 19.1 Å². The Bertz CT molecular complexity index is 299. The minimum absolute atomic E-state index is 0.193. The van der Waals surface area contributed by atoms with Gasteiger partial charge in [0.25, 0.3) is 0 Å². The summed E-state index contributed by atoms with van der Waals surface area (Å²) in [6.45, 7) is 8.90. The van der Waals surface area contributed by atoms with Crippen LogP contribution < -0.4 is 5.32 Å². The van der Waals surface area contributed by atoms with Crippen LogP contribution in [0.25, 0.3) is 0 Å². The van der Waals surface area contributed by atoms with E-state index in [-0.39, 0.29) is 5.54 Å². The minimum Gasteiger partial charge on any atom is -0.349 e. The number of piperazine rings is 1. The molecule has 0 radical (unpaired) electrons. The molecular weight excluding hydrogens is 296 g/mol. The molecule has 1 saturated heterocycles. The van der Waals surface area contributed by atoms with E-state index in [9.17, 15) is 0 Å². The van der Waals surface area contributed by atoms with Crippen molar-refractivity contribution in [3.05, 3.63) is 0 Å². The molecule has 4 heteroatoms. The summed E-state index contributed by atoms with van der Waals surface area (Å²) in [6.07, 6.45) is 11.4. The van der Waals surface area contributed by atoms with Crippen LogP contribution in [-0.2, 0) is 0 Å². The average molecular weight is 331 g/mol. The summed E-state index contributed by atoms with van der Waals surface area (Å²) in [4.78, 5) is 2.45. The van der Waals surface area contributed by atoms with Crippen LogP contribution >= 0.6 is 24.8 Å². The zero-order chi connectivity index (χ0) is 15.7. The average Bonchev–Trinajstić information content (AvgIpc) is 2.49. The van der Waals surface area contributed by atoms with E-state index in [0.717, 1.165) is 17.4 Å². The number of rotatable bonds is 9. The molecule has 0 aromatic carbocycles. The maximum absolute atomic E-state index is 5.49. The summed E-state index contributed by atoms with van der Waals surface area (Å²) in [6, 6.07) is 0.564. The maximum Gasteiger partial charge on any atom is 0.133 e. The normalized spacial score (nSPS) is 21.5. The van der Waals surface area contributed by atoms with Gasteiger partial charge in [0.15, 0.2) is 0 Å². The lowest BCUT2D eigenvalue weighted by Gasteiger charge is -2.54. The molecule has 1 unspecified atom stereocenters. The van der Waals surface area contributed by atoms with E-state index in [2.05, 4.69) is 43.6 Å². The molecule has 1 fully saturated rings. The molecule has 0 saturated carbocycles. The predicted molar refractivity (Wildman–Crippen MR) is 101 cm³/mol.